The van der Waals surface area contributed by atoms with Crippen molar-refractivity contribution in [1.29, 1.82) is 0 Å². The first-order valence-corrected chi connectivity index (χ1v) is 3.66. The van der Waals surface area contributed by atoms with Crippen molar-refractivity contribution < 1.29 is 14.3 Å². The molecule has 1 N–H and O–H groups in total. The number of aromatic carboxylic acids is 1. The molecule has 5 heteroatoms. The maximum Gasteiger partial charge on any atom is 0.340 e. The number of hydrogen-bond donors (Lipinski definition) is 1. The summed E-state index contributed by atoms with van der Waals surface area (Å²) < 4.78 is 12.8. The van der Waals surface area contributed by atoms with E-state index in [1.807, 2.05) is 0 Å². The highest BCUT2D eigenvalue weighted by atomic mass is 35.5. The Balaban J connectivity index is 3.38. The van der Waals surface area contributed by atoms with Crippen molar-refractivity contribution in [3.8, 4) is 0 Å². The smallest absolute Gasteiger partial charge is 0.340 e. The van der Waals surface area contributed by atoms with E-state index >= 15 is 0 Å². The van der Waals surface area contributed by atoms with Gasteiger partial charge < -0.3 is 5.11 Å². The van der Waals surface area contributed by atoms with E-state index in [0.717, 1.165) is 6.07 Å². The average Bonchev–Trinajstić information content (AvgIpc) is 1.82. The molecule has 0 bridgehead atoms. The molecule has 64 valence electrons. The first-order chi connectivity index (χ1) is 5.52. The maximum atomic E-state index is 12.8. The first-order valence-electron chi connectivity index (χ1n) is 2.90. The number of rotatable bonds is 1. The minimum atomic E-state index is -1.41. The van der Waals surface area contributed by atoms with Crippen LogP contribution in [0.1, 0.15) is 10.4 Å². The second kappa shape index (κ2) is 3.29. The lowest BCUT2D eigenvalue weighted by Gasteiger charge is -2.00. The standard InChI is InChI=1S/C7H3Cl2FO2/c8-3-1-4(9)6(7(11)12)5(10)2-3/h1-2H,(H,11,12). The topological polar surface area (TPSA) is 37.3 Å². The van der Waals surface area contributed by atoms with E-state index in [2.05, 4.69) is 0 Å². The van der Waals surface area contributed by atoms with Crippen LogP contribution in [0.25, 0.3) is 0 Å². The van der Waals surface area contributed by atoms with Crippen LogP contribution in [0.4, 0.5) is 4.39 Å². The third-order valence-electron chi connectivity index (χ3n) is 1.22. The molecule has 0 spiro atoms. The molecule has 0 unspecified atom stereocenters. The van der Waals surface area contributed by atoms with Crippen LogP contribution in [-0.2, 0) is 0 Å². The molecular weight excluding hydrogens is 206 g/mol. The van der Waals surface area contributed by atoms with E-state index in [0.29, 0.717) is 0 Å². The fourth-order valence-corrected chi connectivity index (χ4v) is 1.30. The van der Waals surface area contributed by atoms with Gasteiger partial charge in [0.05, 0.1) is 5.02 Å². The molecule has 0 aromatic heterocycles. The van der Waals surface area contributed by atoms with E-state index in [1.165, 1.54) is 6.07 Å². The molecule has 0 atom stereocenters. The van der Waals surface area contributed by atoms with Gasteiger partial charge in [0, 0.05) is 5.02 Å². The Morgan fingerprint density at radius 3 is 2.42 bits per heavy atom. The molecule has 0 aliphatic rings. The number of carboxylic acid groups (broad SMARTS) is 1. The van der Waals surface area contributed by atoms with Crippen molar-refractivity contribution in [2.45, 2.75) is 0 Å². The lowest BCUT2D eigenvalue weighted by Crippen LogP contribution is -2.01. The lowest BCUT2D eigenvalue weighted by molar-refractivity contribution is 0.0692. The summed E-state index contributed by atoms with van der Waals surface area (Å²) >= 11 is 10.8. The third kappa shape index (κ3) is 1.68. The number of carbonyl (C=O) groups is 1. The number of hydrogen-bond acceptors (Lipinski definition) is 1. The molecule has 0 saturated carbocycles. The van der Waals surface area contributed by atoms with E-state index in [1.54, 1.807) is 0 Å². The van der Waals surface area contributed by atoms with E-state index in [4.69, 9.17) is 28.3 Å². The fourth-order valence-electron chi connectivity index (χ4n) is 0.747. The maximum absolute atomic E-state index is 12.8. The molecule has 0 amide bonds. The monoisotopic (exact) mass is 208 g/mol. The molecule has 0 radical (unpaired) electrons. The van der Waals surface area contributed by atoms with E-state index in [9.17, 15) is 9.18 Å². The molecule has 0 fully saturated rings. The zero-order valence-corrected chi connectivity index (χ0v) is 7.16. The second-order valence-electron chi connectivity index (χ2n) is 2.05. The molecule has 12 heavy (non-hydrogen) atoms. The van der Waals surface area contributed by atoms with Crippen LogP contribution in [0, 0.1) is 5.82 Å². The summed E-state index contributed by atoms with van der Waals surface area (Å²) in [6, 6.07) is 2.08. The van der Waals surface area contributed by atoms with E-state index < -0.39 is 17.3 Å². The van der Waals surface area contributed by atoms with Crippen molar-refractivity contribution >= 4 is 29.2 Å². The number of carboxylic acids is 1. The van der Waals surface area contributed by atoms with Crippen LogP contribution in [0.2, 0.25) is 10.0 Å². The fraction of sp³-hybridized carbons (Fsp3) is 0. The zero-order chi connectivity index (χ0) is 9.30. The van der Waals surface area contributed by atoms with Crippen LogP contribution in [-0.4, -0.2) is 11.1 Å². The van der Waals surface area contributed by atoms with Crippen LogP contribution in [0.15, 0.2) is 12.1 Å². The minimum Gasteiger partial charge on any atom is -0.478 e. The summed E-state index contributed by atoms with van der Waals surface area (Å²) in [7, 11) is 0. The van der Waals surface area contributed by atoms with Gasteiger partial charge in [-0.2, -0.15) is 0 Å². The average molecular weight is 209 g/mol. The lowest BCUT2D eigenvalue weighted by atomic mass is 10.2. The van der Waals surface area contributed by atoms with Crippen molar-refractivity contribution in [3.63, 3.8) is 0 Å². The van der Waals surface area contributed by atoms with Gasteiger partial charge in [-0.1, -0.05) is 23.2 Å². The van der Waals surface area contributed by atoms with Gasteiger partial charge in [-0.3, -0.25) is 0 Å². The summed E-state index contributed by atoms with van der Waals surface area (Å²) in [6.45, 7) is 0. The summed E-state index contributed by atoms with van der Waals surface area (Å²) in [5.74, 6) is -2.34. The minimum absolute atomic E-state index is 0.0718. The Bertz CT molecular complexity index is 315. The Kier molecular flexibility index (Phi) is 2.55. The summed E-state index contributed by atoms with van der Waals surface area (Å²) in [5, 5.41) is 8.34. The molecule has 1 rings (SSSR count). The van der Waals surface area contributed by atoms with Gasteiger partial charge in [0.2, 0.25) is 0 Å². The third-order valence-corrected chi connectivity index (χ3v) is 1.74. The zero-order valence-electron chi connectivity index (χ0n) is 5.64. The molecule has 0 saturated heterocycles. The Morgan fingerprint density at radius 1 is 1.42 bits per heavy atom. The van der Waals surface area contributed by atoms with Crippen molar-refractivity contribution in [2.24, 2.45) is 0 Å². The highest BCUT2D eigenvalue weighted by Crippen LogP contribution is 2.23. The van der Waals surface area contributed by atoms with Crippen LogP contribution < -0.4 is 0 Å². The highest BCUT2D eigenvalue weighted by Gasteiger charge is 2.15. The van der Waals surface area contributed by atoms with Crippen LogP contribution in [0.3, 0.4) is 0 Å². The summed E-state index contributed by atoms with van der Waals surface area (Å²) in [6.07, 6.45) is 0. The molecule has 1 aromatic rings. The summed E-state index contributed by atoms with van der Waals surface area (Å²) in [4.78, 5) is 10.4. The second-order valence-corrected chi connectivity index (χ2v) is 2.89. The Hall–Kier alpha value is -0.800. The predicted molar refractivity (Wildman–Crippen MR) is 43.4 cm³/mol. The SMILES string of the molecule is O=C(O)c1c(F)cc(Cl)cc1Cl. The molecule has 0 aliphatic heterocycles. The normalized spacial score (nSPS) is 9.92. The van der Waals surface area contributed by atoms with Gasteiger partial charge in [0.1, 0.15) is 11.4 Å². The number of benzene rings is 1. The van der Waals surface area contributed by atoms with Gasteiger partial charge in [0.15, 0.2) is 0 Å². The molecule has 1 aromatic carbocycles. The van der Waals surface area contributed by atoms with Crippen molar-refractivity contribution in [1.82, 2.24) is 0 Å². The quantitative estimate of drug-likeness (QED) is 0.771. The molecule has 0 aliphatic carbocycles. The molecule has 0 heterocycles. The van der Waals surface area contributed by atoms with Crippen LogP contribution in [0.5, 0.6) is 0 Å². The largest absolute Gasteiger partial charge is 0.478 e. The summed E-state index contributed by atoms with van der Waals surface area (Å²) in [5.41, 5.74) is -0.555. The molecule has 2 nitrogen and oxygen atoms in total. The highest BCUT2D eigenvalue weighted by molar-refractivity contribution is 6.36. The first kappa shape index (κ1) is 9.29. The van der Waals surface area contributed by atoms with Gasteiger partial charge in [-0.15, -0.1) is 0 Å². The molecular formula is C7H3Cl2FO2. The van der Waals surface area contributed by atoms with Crippen molar-refractivity contribution in [2.75, 3.05) is 0 Å². The van der Waals surface area contributed by atoms with Gasteiger partial charge in [-0.05, 0) is 12.1 Å². The van der Waals surface area contributed by atoms with Crippen molar-refractivity contribution in [3.05, 3.63) is 33.6 Å². The van der Waals surface area contributed by atoms with Crippen LogP contribution >= 0.6 is 23.2 Å². The van der Waals surface area contributed by atoms with Gasteiger partial charge in [-0.25, -0.2) is 9.18 Å². The van der Waals surface area contributed by atoms with E-state index in [-0.39, 0.29) is 10.0 Å². The van der Waals surface area contributed by atoms with Gasteiger partial charge >= 0.3 is 5.97 Å². The predicted octanol–water partition coefficient (Wildman–Crippen LogP) is 2.83. The van der Waals surface area contributed by atoms with Gasteiger partial charge in [0.25, 0.3) is 0 Å². The number of halogens is 3. The Labute approximate surface area is 77.5 Å². The Morgan fingerprint density at radius 2 is 2.00 bits per heavy atom.